The molecule has 0 aliphatic heterocycles. The van der Waals surface area contributed by atoms with Crippen LogP contribution in [0.25, 0.3) is 31.6 Å². The van der Waals surface area contributed by atoms with Gasteiger partial charge in [0, 0.05) is 46.5 Å². The van der Waals surface area contributed by atoms with Crippen molar-refractivity contribution in [1.29, 1.82) is 0 Å². The molecule has 7 rings (SSSR count). The normalized spacial score (nSPS) is 12.6. The molecule has 1 N–H and O–H groups in total. The maximum absolute atomic E-state index is 13.7. The Morgan fingerprint density at radius 2 is 2.02 bits per heavy atom. The van der Waals surface area contributed by atoms with Gasteiger partial charge in [-0.2, -0.15) is 10.2 Å². The fourth-order valence-electron chi connectivity index (χ4n) is 5.77. The van der Waals surface area contributed by atoms with Crippen LogP contribution in [0.3, 0.4) is 0 Å². The molecular weight excluding hydrogens is 561 g/mol. The molecule has 4 aromatic heterocycles. The number of rotatable bonds is 9. The summed E-state index contributed by atoms with van der Waals surface area (Å²) in [5, 5.41) is 14.9. The maximum Gasteiger partial charge on any atom is 0.142 e. The number of aromatic nitrogens is 6. The number of nitrogens with one attached hydrogen (secondary N) is 1. The van der Waals surface area contributed by atoms with E-state index >= 15 is 0 Å². The van der Waals surface area contributed by atoms with E-state index in [1.165, 1.54) is 27.8 Å². The molecule has 0 unspecified atom stereocenters. The standard InChI is InChI=1S/C32H30FN9S/c1-20(2)40(19-34-3)11-12-41-28-10-8-25-29-31(35-18-36-32(29)43-30(25)26(28)16-38-41)39-24-7-9-27-22(14-24)15-37-42(27)17-21-5-4-6-23(33)13-21/h4-7,9,13-16,18-19H,1,8,10-12,17H2,2-3H3,(H,35,36,39). The first kappa shape index (κ1) is 27.0. The summed E-state index contributed by atoms with van der Waals surface area (Å²) in [5.41, 5.74) is 7.40. The summed E-state index contributed by atoms with van der Waals surface area (Å²) in [5.74, 6) is 0.547. The zero-order valence-corrected chi connectivity index (χ0v) is 24.8. The van der Waals surface area contributed by atoms with Gasteiger partial charge in [0.05, 0.1) is 42.7 Å². The van der Waals surface area contributed by atoms with Crippen molar-refractivity contribution in [3.8, 4) is 10.4 Å². The lowest BCUT2D eigenvalue weighted by molar-refractivity contribution is 0.452. The molecule has 0 bridgehead atoms. The molecule has 0 atom stereocenters. The smallest absolute Gasteiger partial charge is 0.142 e. The Hall–Kier alpha value is -4.90. The number of hydrogen-bond acceptors (Lipinski definition) is 7. The number of aryl methyl sites for hydroxylation is 1. The van der Waals surface area contributed by atoms with Crippen LogP contribution in [-0.4, -0.2) is 54.4 Å². The van der Waals surface area contributed by atoms with E-state index in [-0.39, 0.29) is 5.82 Å². The highest BCUT2D eigenvalue weighted by Crippen LogP contribution is 2.45. The lowest BCUT2D eigenvalue weighted by Gasteiger charge is -2.21. The number of hydrogen-bond donors (Lipinski definition) is 1. The molecule has 43 heavy (non-hydrogen) atoms. The summed E-state index contributed by atoms with van der Waals surface area (Å²) in [6.45, 7) is 8.05. The van der Waals surface area contributed by atoms with Crippen molar-refractivity contribution < 1.29 is 4.39 Å². The quantitative estimate of drug-likeness (QED) is 0.154. The topological polar surface area (TPSA) is 89.1 Å². The Bertz CT molecular complexity index is 2020. The van der Waals surface area contributed by atoms with Crippen LogP contribution in [0.2, 0.25) is 0 Å². The average Bonchev–Trinajstić information content (AvgIpc) is 3.70. The van der Waals surface area contributed by atoms with Gasteiger partial charge in [0.1, 0.15) is 22.8 Å². The van der Waals surface area contributed by atoms with Gasteiger partial charge < -0.3 is 10.2 Å². The van der Waals surface area contributed by atoms with Crippen molar-refractivity contribution in [2.45, 2.75) is 32.9 Å². The van der Waals surface area contributed by atoms with Crippen molar-refractivity contribution in [3.05, 3.63) is 96.1 Å². The van der Waals surface area contributed by atoms with Gasteiger partial charge in [-0.05, 0) is 61.2 Å². The van der Waals surface area contributed by atoms with E-state index in [0.29, 0.717) is 6.54 Å². The van der Waals surface area contributed by atoms with Gasteiger partial charge >= 0.3 is 0 Å². The predicted octanol–water partition coefficient (Wildman–Crippen LogP) is 6.43. The van der Waals surface area contributed by atoms with Gasteiger partial charge in [-0.3, -0.25) is 14.4 Å². The minimum atomic E-state index is -0.245. The second-order valence-electron chi connectivity index (χ2n) is 10.7. The number of nitrogens with zero attached hydrogens (tertiary/aromatic N) is 8. The number of allylic oxidation sites excluding steroid dienone is 1. The molecule has 0 radical (unpaired) electrons. The predicted molar refractivity (Wildman–Crippen MR) is 170 cm³/mol. The maximum atomic E-state index is 13.7. The molecule has 0 spiro atoms. The first-order valence-electron chi connectivity index (χ1n) is 14.1. The van der Waals surface area contributed by atoms with Gasteiger partial charge in [0.25, 0.3) is 0 Å². The SMILES string of the molecule is C=C(C)N(C=NC)CCn1ncc2c1CCc1c-2sc2ncnc(Nc3ccc4c(cnn4Cc4cccc(F)c4)c3)c12. The lowest BCUT2D eigenvalue weighted by Crippen LogP contribution is -2.25. The molecule has 0 fully saturated rings. The third-order valence-corrected chi connectivity index (χ3v) is 8.99. The summed E-state index contributed by atoms with van der Waals surface area (Å²) in [6.07, 6.45) is 9.04. The van der Waals surface area contributed by atoms with Gasteiger partial charge in [0.2, 0.25) is 0 Å². The first-order chi connectivity index (χ1) is 21.0. The lowest BCUT2D eigenvalue weighted by atomic mass is 9.95. The van der Waals surface area contributed by atoms with Crippen LogP contribution in [0.4, 0.5) is 15.9 Å². The zero-order chi connectivity index (χ0) is 29.5. The van der Waals surface area contributed by atoms with Crippen LogP contribution in [0.1, 0.15) is 23.7 Å². The van der Waals surface area contributed by atoms with Crippen molar-refractivity contribution in [2.75, 3.05) is 18.9 Å². The molecule has 0 saturated carbocycles. The summed E-state index contributed by atoms with van der Waals surface area (Å²) >= 11 is 1.70. The van der Waals surface area contributed by atoms with E-state index in [9.17, 15) is 4.39 Å². The molecule has 6 aromatic rings. The zero-order valence-electron chi connectivity index (χ0n) is 24.0. The van der Waals surface area contributed by atoms with E-state index in [0.717, 1.165) is 69.8 Å². The summed E-state index contributed by atoms with van der Waals surface area (Å²) < 4.78 is 17.7. The Morgan fingerprint density at radius 3 is 2.86 bits per heavy atom. The van der Waals surface area contributed by atoms with Gasteiger partial charge in [0.15, 0.2) is 0 Å². The Labute approximate surface area is 252 Å². The van der Waals surface area contributed by atoms with Crippen LogP contribution < -0.4 is 5.32 Å². The Balaban J connectivity index is 1.16. The number of anilines is 2. The molecule has 0 amide bonds. The van der Waals surface area contributed by atoms with Crippen molar-refractivity contribution in [3.63, 3.8) is 0 Å². The third-order valence-electron chi connectivity index (χ3n) is 7.82. The number of halogens is 1. The molecule has 9 nitrogen and oxygen atoms in total. The molecule has 4 heterocycles. The monoisotopic (exact) mass is 591 g/mol. The first-order valence-corrected chi connectivity index (χ1v) is 14.9. The van der Waals surface area contributed by atoms with E-state index in [1.807, 2.05) is 53.4 Å². The van der Waals surface area contributed by atoms with E-state index in [1.54, 1.807) is 36.8 Å². The van der Waals surface area contributed by atoms with Crippen LogP contribution in [0.15, 0.2) is 78.5 Å². The summed E-state index contributed by atoms with van der Waals surface area (Å²) in [6, 6.07) is 12.7. The van der Waals surface area contributed by atoms with Crippen LogP contribution in [0, 0.1) is 5.82 Å². The van der Waals surface area contributed by atoms with Gasteiger partial charge in [-0.15, -0.1) is 11.3 Å². The van der Waals surface area contributed by atoms with Gasteiger partial charge in [-0.1, -0.05) is 18.7 Å². The molecule has 1 aliphatic carbocycles. The summed E-state index contributed by atoms with van der Waals surface area (Å²) in [7, 11) is 1.77. The van der Waals surface area contributed by atoms with Crippen molar-refractivity contribution in [2.24, 2.45) is 4.99 Å². The number of thiophene rings is 1. The largest absolute Gasteiger partial charge is 0.340 e. The molecule has 2 aromatic carbocycles. The molecule has 11 heteroatoms. The molecule has 216 valence electrons. The van der Waals surface area contributed by atoms with Crippen molar-refractivity contribution >= 4 is 50.3 Å². The fourth-order valence-corrected chi connectivity index (χ4v) is 6.99. The van der Waals surface area contributed by atoms with Crippen LogP contribution >= 0.6 is 11.3 Å². The molecule has 0 saturated heterocycles. The highest BCUT2D eigenvalue weighted by Gasteiger charge is 2.27. The molecular formula is C32H30FN9S. The highest BCUT2D eigenvalue weighted by atomic mass is 32.1. The van der Waals surface area contributed by atoms with Gasteiger partial charge in [-0.25, -0.2) is 14.4 Å². The van der Waals surface area contributed by atoms with E-state index in [4.69, 9.17) is 5.10 Å². The number of benzene rings is 2. The third kappa shape index (κ3) is 5.05. The average molecular weight is 592 g/mol. The van der Waals surface area contributed by atoms with E-state index in [2.05, 4.69) is 42.7 Å². The van der Waals surface area contributed by atoms with Crippen molar-refractivity contribution in [1.82, 2.24) is 34.4 Å². The number of fused-ring (bicyclic) bond motifs is 6. The Kier molecular flexibility index (Phi) is 6.94. The highest BCUT2D eigenvalue weighted by molar-refractivity contribution is 7.22. The van der Waals surface area contributed by atoms with Crippen LogP contribution in [-0.2, 0) is 25.9 Å². The summed E-state index contributed by atoms with van der Waals surface area (Å²) in [4.78, 5) is 17.7. The minimum absolute atomic E-state index is 0.245. The Morgan fingerprint density at radius 1 is 1.14 bits per heavy atom. The second kappa shape index (κ2) is 11.1. The number of aliphatic imine (C=N–C) groups is 1. The van der Waals surface area contributed by atoms with Crippen LogP contribution in [0.5, 0.6) is 0 Å². The fraction of sp³-hybridized carbons (Fsp3) is 0.219. The van der Waals surface area contributed by atoms with E-state index < -0.39 is 0 Å². The molecule has 1 aliphatic rings. The second-order valence-corrected chi connectivity index (χ2v) is 11.7. The minimum Gasteiger partial charge on any atom is -0.340 e.